The van der Waals surface area contributed by atoms with Gasteiger partial charge in [0.1, 0.15) is 22.5 Å². The van der Waals surface area contributed by atoms with Gasteiger partial charge in [-0.15, -0.1) is 0 Å². The number of imidazole rings is 1. The Hall–Kier alpha value is -3.23. The first-order valence-corrected chi connectivity index (χ1v) is 10.9. The van der Waals surface area contributed by atoms with E-state index < -0.39 is 16.1 Å². The van der Waals surface area contributed by atoms with E-state index in [9.17, 15) is 8.42 Å². The van der Waals surface area contributed by atoms with Gasteiger partial charge in [0, 0.05) is 31.0 Å². The molecule has 8 heteroatoms. The third-order valence-electron chi connectivity index (χ3n) is 4.94. The van der Waals surface area contributed by atoms with Crippen LogP contribution in [-0.2, 0) is 17.1 Å². The highest BCUT2D eigenvalue weighted by atomic mass is 32.2. The quantitative estimate of drug-likeness (QED) is 0.515. The second kappa shape index (κ2) is 7.89. The number of sulfonamides is 1. The molecule has 0 aliphatic carbocycles. The minimum atomic E-state index is -3.90. The molecule has 0 aliphatic rings. The van der Waals surface area contributed by atoms with Crippen LogP contribution in [0.1, 0.15) is 23.0 Å². The van der Waals surface area contributed by atoms with E-state index in [0.29, 0.717) is 17.1 Å². The predicted octanol–water partition coefficient (Wildman–Crippen LogP) is 3.35. The van der Waals surface area contributed by atoms with Crippen LogP contribution in [0.3, 0.4) is 0 Å². The molecule has 30 heavy (non-hydrogen) atoms. The van der Waals surface area contributed by atoms with E-state index in [1.807, 2.05) is 38.2 Å². The summed E-state index contributed by atoms with van der Waals surface area (Å²) in [7, 11) is -0.487. The molecule has 0 amide bonds. The average molecular weight is 423 g/mol. The van der Waals surface area contributed by atoms with Crippen molar-refractivity contribution >= 4 is 20.9 Å². The first-order valence-electron chi connectivity index (χ1n) is 9.38. The number of rotatable bonds is 6. The van der Waals surface area contributed by atoms with Gasteiger partial charge in [-0.25, -0.2) is 13.4 Å². The topological polar surface area (TPSA) is 86.1 Å². The highest BCUT2D eigenvalue weighted by Crippen LogP contribution is 2.27. The number of hydrogen-bond acceptors (Lipinski definition) is 5. The van der Waals surface area contributed by atoms with Crippen molar-refractivity contribution in [1.82, 2.24) is 19.3 Å². The van der Waals surface area contributed by atoms with Gasteiger partial charge < -0.3 is 9.30 Å². The van der Waals surface area contributed by atoms with Gasteiger partial charge in [0.15, 0.2) is 0 Å². The number of methoxy groups -OCH3 is 1. The van der Waals surface area contributed by atoms with Gasteiger partial charge in [0.05, 0.1) is 12.6 Å². The number of ether oxygens (including phenoxy) is 1. The largest absolute Gasteiger partial charge is 0.497 e. The zero-order valence-corrected chi connectivity index (χ0v) is 17.7. The summed E-state index contributed by atoms with van der Waals surface area (Å²) in [6.45, 7) is 1.92. The third kappa shape index (κ3) is 3.79. The summed E-state index contributed by atoms with van der Waals surface area (Å²) in [5, 5.41) is 0.774. The van der Waals surface area contributed by atoms with Crippen LogP contribution in [0.5, 0.6) is 5.75 Å². The molecule has 0 saturated carbocycles. The molecule has 0 bridgehead atoms. The fraction of sp³-hybridized carbons (Fsp3) is 0.182. The van der Waals surface area contributed by atoms with Crippen molar-refractivity contribution in [2.45, 2.75) is 17.9 Å². The number of nitrogens with zero attached hydrogens (tertiary/aromatic N) is 3. The lowest BCUT2D eigenvalue weighted by molar-refractivity contribution is 0.414. The van der Waals surface area contributed by atoms with Crippen LogP contribution >= 0.6 is 0 Å². The van der Waals surface area contributed by atoms with Crippen molar-refractivity contribution in [3.05, 3.63) is 84.1 Å². The minimum Gasteiger partial charge on any atom is -0.497 e. The maximum Gasteiger partial charge on any atom is 0.243 e. The van der Waals surface area contributed by atoms with Crippen molar-refractivity contribution in [3.63, 3.8) is 0 Å². The van der Waals surface area contributed by atoms with E-state index in [1.54, 1.807) is 54.5 Å². The first-order chi connectivity index (χ1) is 14.4. The summed E-state index contributed by atoms with van der Waals surface area (Å²) in [5.41, 5.74) is 2.15. The van der Waals surface area contributed by atoms with Crippen LogP contribution in [0.4, 0.5) is 0 Å². The first kappa shape index (κ1) is 20.1. The highest BCUT2D eigenvalue weighted by Gasteiger charge is 2.27. The summed E-state index contributed by atoms with van der Waals surface area (Å²) in [6, 6.07) is 13.6. The van der Waals surface area contributed by atoms with Gasteiger partial charge >= 0.3 is 0 Å². The maximum atomic E-state index is 13.4. The van der Waals surface area contributed by atoms with E-state index in [2.05, 4.69) is 14.7 Å². The number of aryl methyl sites for hydroxylation is 2. The fourth-order valence-corrected chi connectivity index (χ4v) is 4.76. The smallest absolute Gasteiger partial charge is 0.243 e. The Morgan fingerprint density at radius 1 is 1.10 bits per heavy atom. The molecular formula is C22H22N4O3S. The molecule has 0 aliphatic heterocycles. The zero-order valence-electron chi connectivity index (χ0n) is 16.9. The Labute approximate surface area is 175 Å². The Morgan fingerprint density at radius 2 is 1.87 bits per heavy atom. The third-order valence-corrected chi connectivity index (χ3v) is 6.39. The number of para-hydroxylation sites is 1. The monoisotopic (exact) mass is 422 g/mol. The highest BCUT2D eigenvalue weighted by molar-refractivity contribution is 7.89. The van der Waals surface area contributed by atoms with Gasteiger partial charge in [-0.1, -0.05) is 24.3 Å². The summed E-state index contributed by atoms with van der Waals surface area (Å²) in [5.74, 6) is 1.27. The summed E-state index contributed by atoms with van der Waals surface area (Å²) >= 11 is 0. The average Bonchev–Trinajstić information content (AvgIpc) is 3.17. The number of benzene rings is 2. The van der Waals surface area contributed by atoms with E-state index in [0.717, 1.165) is 16.5 Å². The van der Waals surface area contributed by atoms with Crippen molar-refractivity contribution in [3.8, 4) is 5.75 Å². The predicted molar refractivity (Wildman–Crippen MR) is 115 cm³/mol. The normalized spacial score (nSPS) is 12.8. The molecule has 2 heterocycles. The summed E-state index contributed by atoms with van der Waals surface area (Å²) < 4.78 is 36.7. The second-order valence-corrected chi connectivity index (χ2v) is 8.75. The van der Waals surface area contributed by atoms with Crippen LogP contribution in [0.15, 0.2) is 72.0 Å². The van der Waals surface area contributed by atoms with E-state index in [4.69, 9.17) is 4.74 Å². The van der Waals surface area contributed by atoms with Gasteiger partial charge in [-0.3, -0.25) is 4.98 Å². The van der Waals surface area contributed by atoms with Crippen molar-refractivity contribution in [2.24, 2.45) is 7.05 Å². The molecule has 2 aromatic carbocycles. The molecule has 4 rings (SSSR count). The van der Waals surface area contributed by atoms with E-state index >= 15 is 0 Å². The molecule has 4 aromatic rings. The molecular weight excluding hydrogens is 400 g/mol. The molecule has 7 nitrogen and oxygen atoms in total. The molecule has 0 radical (unpaired) electrons. The fourth-order valence-electron chi connectivity index (χ4n) is 3.40. The maximum absolute atomic E-state index is 13.4. The Balaban J connectivity index is 1.80. The van der Waals surface area contributed by atoms with Gasteiger partial charge in [-0.2, -0.15) is 4.72 Å². The van der Waals surface area contributed by atoms with Gasteiger partial charge in [0.25, 0.3) is 0 Å². The lowest BCUT2D eigenvalue weighted by Gasteiger charge is -2.20. The van der Waals surface area contributed by atoms with Gasteiger partial charge in [0.2, 0.25) is 10.0 Å². The lowest BCUT2D eigenvalue weighted by atomic mass is 10.1. The van der Waals surface area contributed by atoms with Crippen molar-refractivity contribution < 1.29 is 13.2 Å². The lowest BCUT2D eigenvalue weighted by Crippen LogP contribution is -2.31. The number of nitrogens with one attached hydrogen (secondary N) is 1. The molecule has 0 spiro atoms. The van der Waals surface area contributed by atoms with Crippen LogP contribution < -0.4 is 9.46 Å². The van der Waals surface area contributed by atoms with E-state index in [1.165, 1.54) is 0 Å². The SMILES string of the molecule is COc1ccc(C(NS(=O)(=O)c2cccc3cc(C)cnc23)c2nccn2C)cc1. The van der Waals surface area contributed by atoms with Crippen LogP contribution in [0.2, 0.25) is 0 Å². The second-order valence-electron chi connectivity index (χ2n) is 7.06. The number of hydrogen-bond donors (Lipinski definition) is 1. The number of aromatic nitrogens is 3. The van der Waals surface area contributed by atoms with Gasteiger partial charge in [-0.05, 0) is 42.3 Å². The standard InChI is InChI=1S/C22H22N4O3S/c1-15-13-17-5-4-6-19(20(17)24-14-15)30(27,28)25-21(22-23-11-12-26(22)2)16-7-9-18(29-3)10-8-16/h4-14,21,25H,1-3H3. The molecule has 154 valence electrons. The molecule has 2 aromatic heterocycles. The van der Waals surface area contributed by atoms with Crippen LogP contribution in [0, 0.1) is 6.92 Å². The Bertz CT molecular complexity index is 1300. The van der Waals surface area contributed by atoms with Crippen molar-refractivity contribution in [2.75, 3.05) is 7.11 Å². The molecule has 0 fully saturated rings. The van der Waals surface area contributed by atoms with Crippen molar-refractivity contribution in [1.29, 1.82) is 0 Å². The van der Waals surface area contributed by atoms with Crippen LogP contribution in [-0.4, -0.2) is 30.1 Å². The molecule has 1 N–H and O–H groups in total. The summed E-state index contributed by atoms with van der Waals surface area (Å²) in [4.78, 5) is 8.88. The Kier molecular flexibility index (Phi) is 5.27. The number of pyridine rings is 1. The van der Waals surface area contributed by atoms with E-state index in [-0.39, 0.29) is 4.90 Å². The summed E-state index contributed by atoms with van der Waals surface area (Å²) in [6.07, 6.45) is 5.09. The Morgan fingerprint density at radius 3 is 2.53 bits per heavy atom. The molecule has 0 saturated heterocycles. The van der Waals surface area contributed by atoms with Crippen LogP contribution in [0.25, 0.3) is 10.9 Å². The minimum absolute atomic E-state index is 0.132. The molecule has 1 unspecified atom stereocenters. The molecule has 1 atom stereocenters. The number of fused-ring (bicyclic) bond motifs is 1. The zero-order chi connectivity index (χ0) is 21.3.